The summed E-state index contributed by atoms with van der Waals surface area (Å²) in [6.07, 6.45) is -0.607. The molecule has 0 radical (unpaired) electrons. The number of rotatable bonds is 6. The van der Waals surface area contributed by atoms with Gasteiger partial charge in [0.15, 0.2) is 0 Å². The van der Waals surface area contributed by atoms with Crippen LogP contribution < -0.4 is 10.1 Å². The maximum Gasteiger partial charge on any atom is 0.347 e. The number of thiocarbonyl (C=S) groups is 1. The lowest BCUT2D eigenvalue weighted by Crippen LogP contribution is -2.56. The van der Waals surface area contributed by atoms with Crippen LogP contribution in [0.5, 0.6) is 5.75 Å². The third kappa shape index (κ3) is 5.30. The van der Waals surface area contributed by atoms with Crippen molar-refractivity contribution in [3.05, 3.63) is 23.2 Å². The molecule has 2 aliphatic heterocycles. The number of anilines is 1. The van der Waals surface area contributed by atoms with Crippen LogP contribution in [0.4, 0.5) is 10.5 Å². The second kappa shape index (κ2) is 9.88. The Kier molecular flexibility index (Phi) is 7.70. The fraction of sp³-hybridized carbons (Fsp3) is 0.579. The Bertz CT molecular complexity index is 792. The number of morpholine rings is 1. The number of carbonyl (C=O) groups excluding carboxylic acids is 1. The number of nitrogens with zero attached hydrogens (tertiary/aromatic N) is 3. The molecule has 1 unspecified atom stereocenters. The molecule has 3 rings (SSSR count). The molecule has 30 heavy (non-hydrogen) atoms. The van der Waals surface area contributed by atoms with Gasteiger partial charge in [-0.3, -0.25) is 10.1 Å². The number of carbonyl (C=O) groups is 1. The number of methoxy groups -OCH3 is 1. The topological polar surface area (TPSA) is 77.5 Å². The molecule has 2 saturated heterocycles. The largest absolute Gasteiger partial charge is 0.495 e. The van der Waals surface area contributed by atoms with E-state index in [-0.39, 0.29) is 0 Å². The van der Waals surface area contributed by atoms with Gasteiger partial charge in [-0.2, -0.15) is 5.06 Å². The van der Waals surface area contributed by atoms with Gasteiger partial charge >= 0.3 is 6.03 Å². The molecule has 1 aromatic carbocycles. The summed E-state index contributed by atoms with van der Waals surface area (Å²) in [5, 5.41) is 14.6. The summed E-state index contributed by atoms with van der Waals surface area (Å²) in [6, 6.07) is 4.22. The molecule has 2 aliphatic rings. The first-order valence-electron chi connectivity index (χ1n) is 9.65. The Hall–Kier alpha value is -1.30. The number of halogens is 1. The van der Waals surface area contributed by atoms with E-state index in [1.54, 1.807) is 18.2 Å². The highest BCUT2D eigenvalue weighted by atomic mass is 35.5. The number of hydroxylamine groups is 2. The van der Waals surface area contributed by atoms with E-state index in [1.165, 1.54) is 18.9 Å². The predicted molar refractivity (Wildman–Crippen MR) is 123 cm³/mol. The molecule has 2 heterocycles. The summed E-state index contributed by atoms with van der Waals surface area (Å²) < 4.78 is 10.7. The Labute approximate surface area is 191 Å². The molecule has 0 spiro atoms. The second-order valence-corrected chi connectivity index (χ2v) is 10.3. The van der Waals surface area contributed by atoms with Crippen molar-refractivity contribution in [3.63, 3.8) is 0 Å². The quantitative estimate of drug-likeness (QED) is 0.369. The van der Waals surface area contributed by atoms with Crippen molar-refractivity contribution in [2.75, 3.05) is 51.8 Å². The van der Waals surface area contributed by atoms with Gasteiger partial charge in [0.05, 0.1) is 30.1 Å². The van der Waals surface area contributed by atoms with Gasteiger partial charge in [-0.25, -0.2) is 4.79 Å². The monoisotopic (exact) mass is 474 g/mol. The molecular weight excluding hydrogens is 448 g/mol. The van der Waals surface area contributed by atoms with Crippen LogP contribution in [0, 0.1) is 0 Å². The molecule has 0 bridgehead atoms. The van der Waals surface area contributed by atoms with Gasteiger partial charge in [0.25, 0.3) is 0 Å². The van der Waals surface area contributed by atoms with Gasteiger partial charge < -0.3 is 19.7 Å². The molecule has 11 heteroatoms. The fourth-order valence-electron chi connectivity index (χ4n) is 3.56. The number of benzene rings is 1. The van der Waals surface area contributed by atoms with Crippen LogP contribution in [0.2, 0.25) is 5.02 Å². The lowest BCUT2D eigenvalue weighted by Gasteiger charge is -2.38. The molecule has 0 aromatic heterocycles. The molecular formula is C19H27ClN4O4S2. The summed E-state index contributed by atoms with van der Waals surface area (Å²) >= 11 is 13.2. The van der Waals surface area contributed by atoms with Crippen LogP contribution in [0.15, 0.2) is 18.2 Å². The molecule has 8 nitrogen and oxygen atoms in total. The van der Waals surface area contributed by atoms with Gasteiger partial charge in [0, 0.05) is 31.9 Å². The van der Waals surface area contributed by atoms with Gasteiger partial charge in [0.2, 0.25) is 0 Å². The van der Waals surface area contributed by atoms with Crippen molar-refractivity contribution < 1.29 is 19.5 Å². The van der Waals surface area contributed by atoms with Crippen molar-refractivity contribution in [2.45, 2.75) is 24.8 Å². The summed E-state index contributed by atoms with van der Waals surface area (Å²) in [5.74, 6) is 0.503. The summed E-state index contributed by atoms with van der Waals surface area (Å²) in [7, 11) is 1.52. The molecule has 166 valence electrons. The van der Waals surface area contributed by atoms with E-state index in [0.29, 0.717) is 40.5 Å². The third-order valence-electron chi connectivity index (χ3n) is 5.11. The van der Waals surface area contributed by atoms with Crippen LogP contribution in [0.3, 0.4) is 0 Å². The normalized spacial score (nSPS) is 21.6. The van der Waals surface area contributed by atoms with E-state index in [4.69, 9.17) is 33.3 Å². The summed E-state index contributed by atoms with van der Waals surface area (Å²) in [4.78, 5) is 17.0. The van der Waals surface area contributed by atoms with Gasteiger partial charge in [-0.15, -0.1) is 0 Å². The van der Waals surface area contributed by atoms with E-state index in [0.717, 1.165) is 24.7 Å². The van der Waals surface area contributed by atoms with Crippen molar-refractivity contribution >= 4 is 51.6 Å². The Morgan fingerprint density at radius 2 is 2.13 bits per heavy atom. The van der Waals surface area contributed by atoms with Gasteiger partial charge in [0.1, 0.15) is 16.2 Å². The van der Waals surface area contributed by atoms with Crippen molar-refractivity contribution in [3.8, 4) is 5.75 Å². The summed E-state index contributed by atoms with van der Waals surface area (Å²) in [5.41, 5.74) is 0.454. The number of ether oxygens (including phenoxy) is 2. The van der Waals surface area contributed by atoms with Gasteiger partial charge in [-0.05, 0) is 32.0 Å². The van der Waals surface area contributed by atoms with E-state index < -0.39 is 16.9 Å². The molecule has 1 aromatic rings. The average molecular weight is 475 g/mol. The molecule has 1 atom stereocenters. The smallest absolute Gasteiger partial charge is 0.347 e. The molecule has 0 saturated carbocycles. The van der Waals surface area contributed by atoms with Crippen molar-refractivity contribution in [1.82, 2.24) is 14.9 Å². The number of urea groups is 1. The van der Waals surface area contributed by atoms with Gasteiger partial charge in [-0.1, -0.05) is 35.6 Å². The zero-order valence-electron chi connectivity index (χ0n) is 17.3. The van der Waals surface area contributed by atoms with Crippen LogP contribution >= 0.6 is 35.6 Å². The van der Waals surface area contributed by atoms with E-state index in [9.17, 15) is 10.0 Å². The molecule has 2 fully saturated rings. The highest BCUT2D eigenvalue weighted by Crippen LogP contribution is 2.42. The number of nitrogens with one attached hydrogen (secondary N) is 1. The Morgan fingerprint density at radius 1 is 1.43 bits per heavy atom. The van der Waals surface area contributed by atoms with Crippen LogP contribution in [-0.2, 0) is 4.74 Å². The number of hydrogen-bond acceptors (Lipinski definition) is 7. The van der Waals surface area contributed by atoms with Crippen molar-refractivity contribution in [1.29, 1.82) is 0 Å². The summed E-state index contributed by atoms with van der Waals surface area (Å²) in [6.45, 7) is 8.47. The molecule has 0 aliphatic carbocycles. The second-order valence-electron chi connectivity index (χ2n) is 7.62. The standard InChI is InChI=1S/C19H27ClN4O4S2/c1-19(2)16(23(18(29)30-19)7-6-22-8-10-28-11-9-22)24(26)17(25)21-13-4-5-15(27-3)14(20)12-13/h4-5,12,16,26H,6-11H2,1-3H3,(H,21,25). The van der Waals surface area contributed by atoms with Crippen LogP contribution in [0.1, 0.15) is 13.8 Å². The van der Waals surface area contributed by atoms with Crippen molar-refractivity contribution in [2.24, 2.45) is 0 Å². The van der Waals surface area contributed by atoms with E-state index in [2.05, 4.69) is 10.2 Å². The number of amides is 2. The number of hydrogen-bond donors (Lipinski definition) is 2. The van der Waals surface area contributed by atoms with E-state index >= 15 is 0 Å². The van der Waals surface area contributed by atoms with E-state index in [1.807, 2.05) is 18.7 Å². The Balaban J connectivity index is 1.69. The minimum absolute atomic E-state index is 0.366. The Morgan fingerprint density at radius 3 is 2.77 bits per heavy atom. The van der Waals surface area contributed by atoms with Crippen LogP contribution in [0.25, 0.3) is 0 Å². The fourth-order valence-corrected chi connectivity index (χ4v) is 5.75. The third-order valence-corrected chi connectivity index (χ3v) is 7.03. The zero-order chi connectivity index (χ0) is 21.9. The van der Waals surface area contributed by atoms with Crippen LogP contribution in [-0.4, -0.2) is 87.8 Å². The predicted octanol–water partition coefficient (Wildman–Crippen LogP) is 3.34. The molecule has 2 N–H and O–H groups in total. The maximum atomic E-state index is 12.8. The highest BCUT2D eigenvalue weighted by Gasteiger charge is 2.49. The minimum Gasteiger partial charge on any atom is -0.495 e. The first-order valence-corrected chi connectivity index (χ1v) is 11.3. The maximum absolute atomic E-state index is 12.8. The first-order chi connectivity index (χ1) is 14.2. The minimum atomic E-state index is -0.656. The highest BCUT2D eigenvalue weighted by molar-refractivity contribution is 8.24. The lowest BCUT2D eigenvalue weighted by molar-refractivity contribution is -0.115. The zero-order valence-corrected chi connectivity index (χ0v) is 19.6. The first kappa shape index (κ1) is 23.4. The lowest BCUT2D eigenvalue weighted by atomic mass is 10.1. The molecule has 2 amide bonds. The number of thioether (sulfide) groups is 1. The average Bonchev–Trinajstić information content (AvgIpc) is 2.94. The SMILES string of the molecule is COc1ccc(NC(=O)N(O)C2N(CCN3CCOCC3)C(=S)SC2(C)C)cc1Cl.